The van der Waals surface area contributed by atoms with Crippen molar-refractivity contribution in [3.63, 3.8) is 0 Å². The van der Waals surface area contributed by atoms with Gasteiger partial charge in [-0.3, -0.25) is 29.8 Å². The van der Waals surface area contributed by atoms with Crippen LogP contribution in [-0.2, 0) is 0 Å². The lowest BCUT2D eigenvalue weighted by atomic mass is 10.0. The quantitative estimate of drug-likeness (QED) is 0.114. The molecular formula is C27H18N6O6. The molecule has 0 spiro atoms. The third-order valence-corrected chi connectivity index (χ3v) is 6.04. The van der Waals surface area contributed by atoms with Crippen molar-refractivity contribution in [2.75, 3.05) is 11.1 Å². The minimum atomic E-state index is -0.542. The average molecular weight is 522 g/mol. The highest BCUT2D eigenvalue weighted by molar-refractivity contribution is 6.15. The van der Waals surface area contributed by atoms with Gasteiger partial charge in [-0.25, -0.2) is 4.98 Å². The van der Waals surface area contributed by atoms with Crippen LogP contribution in [0.5, 0.6) is 0 Å². The minimum absolute atomic E-state index is 0.106. The first-order chi connectivity index (χ1) is 18.7. The summed E-state index contributed by atoms with van der Waals surface area (Å²) in [5.41, 5.74) is 9.20. The Balaban J connectivity index is 1.35. The summed E-state index contributed by atoms with van der Waals surface area (Å²) in [4.78, 5) is 53.8. The average Bonchev–Trinajstić information content (AvgIpc) is 3.39. The molecule has 192 valence electrons. The maximum absolute atomic E-state index is 13.0. The second-order valence-electron chi connectivity index (χ2n) is 8.48. The number of fused-ring (bicyclic) bond motifs is 1. The van der Waals surface area contributed by atoms with Crippen LogP contribution in [0.25, 0.3) is 22.4 Å². The largest absolute Gasteiger partial charge is 0.396 e. The van der Waals surface area contributed by atoms with Gasteiger partial charge < -0.3 is 16.0 Å². The van der Waals surface area contributed by atoms with Crippen molar-refractivity contribution < 1.29 is 19.4 Å². The lowest BCUT2D eigenvalue weighted by molar-refractivity contribution is -0.385. The van der Waals surface area contributed by atoms with E-state index in [9.17, 15) is 29.8 Å². The lowest BCUT2D eigenvalue weighted by Gasteiger charge is -2.06. The number of hydrogen-bond acceptors (Lipinski definition) is 8. The first kappa shape index (κ1) is 24.8. The summed E-state index contributed by atoms with van der Waals surface area (Å²) in [6.07, 6.45) is 0. The maximum atomic E-state index is 13.0. The molecule has 5 rings (SSSR count). The number of amides is 1. The van der Waals surface area contributed by atoms with E-state index in [2.05, 4.69) is 15.3 Å². The van der Waals surface area contributed by atoms with Gasteiger partial charge in [0.2, 0.25) is 0 Å². The Labute approximate surface area is 219 Å². The number of H-pyrrole nitrogens is 1. The van der Waals surface area contributed by atoms with Crippen molar-refractivity contribution in [2.45, 2.75) is 0 Å². The molecule has 4 N–H and O–H groups in total. The van der Waals surface area contributed by atoms with Crippen LogP contribution in [0.3, 0.4) is 0 Å². The van der Waals surface area contributed by atoms with E-state index in [0.29, 0.717) is 28.1 Å². The molecule has 0 bridgehead atoms. The van der Waals surface area contributed by atoms with Gasteiger partial charge in [-0.05, 0) is 60.7 Å². The number of carbonyl (C=O) groups excluding carboxylic acids is 2. The Morgan fingerprint density at radius 3 is 1.90 bits per heavy atom. The zero-order valence-electron chi connectivity index (χ0n) is 20.0. The van der Waals surface area contributed by atoms with Gasteiger partial charge in [-0.1, -0.05) is 0 Å². The van der Waals surface area contributed by atoms with Crippen molar-refractivity contribution in [3.05, 3.63) is 122 Å². The molecule has 0 aliphatic carbocycles. The van der Waals surface area contributed by atoms with E-state index in [1.165, 1.54) is 48.5 Å². The second-order valence-corrected chi connectivity index (χ2v) is 8.48. The van der Waals surface area contributed by atoms with Gasteiger partial charge in [-0.2, -0.15) is 0 Å². The zero-order valence-corrected chi connectivity index (χ0v) is 20.0. The number of non-ortho nitro benzene ring substituents is 2. The van der Waals surface area contributed by atoms with Crippen molar-refractivity contribution in [2.24, 2.45) is 0 Å². The fourth-order valence-corrected chi connectivity index (χ4v) is 3.97. The Kier molecular flexibility index (Phi) is 6.26. The van der Waals surface area contributed by atoms with Gasteiger partial charge >= 0.3 is 0 Å². The van der Waals surface area contributed by atoms with E-state index >= 15 is 0 Å². The number of nitrogen functional groups attached to an aromatic ring is 1. The zero-order chi connectivity index (χ0) is 27.7. The van der Waals surface area contributed by atoms with Gasteiger partial charge in [0.15, 0.2) is 5.78 Å². The van der Waals surface area contributed by atoms with E-state index in [4.69, 9.17) is 5.73 Å². The van der Waals surface area contributed by atoms with E-state index < -0.39 is 15.8 Å². The van der Waals surface area contributed by atoms with Gasteiger partial charge in [0.05, 0.1) is 21.1 Å². The van der Waals surface area contributed by atoms with Crippen LogP contribution in [0.1, 0.15) is 26.3 Å². The molecule has 4 aromatic carbocycles. The number of nitrogens with one attached hydrogen (secondary N) is 2. The second kappa shape index (κ2) is 9.86. The molecule has 0 saturated heterocycles. The summed E-state index contributed by atoms with van der Waals surface area (Å²) in [6, 6.07) is 20.6. The number of nitrogens with zero attached hydrogens (tertiary/aromatic N) is 3. The molecule has 39 heavy (non-hydrogen) atoms. The molecular weight excluding hydrogens is 504 g/mol. The van der Waals surface area contributed by atoms with E-state index in [-0.39, 0.29) is 39.5 Å². The van der Waals surface area contributed by atoms with Gasteiger partial charge in [-0.15, -0.1) is 0 Å². The molecule has 0 atom stereocenters. The van der Waals surface area contributed by atoms with Crippen LogP contribution >= 0.6 is 0 Å². The van der Waals surface area contributed by atoms with Crippen molar-refractivity contribution in [1.29, 1.82) is 0 Å². The Morgan fingerprint density at radius 2 is 1.33 bits per heavy atom. The van der Waals surface area contributed by atoms with Crippen molar-refractivity contribution in [1.82, 2.24) is 9.97 Å². The summed E-state index contributed by atoms with van der Waals surface area (Å²) in [6.45, 7) is 0. The van der Waals surface area contributed by atoms with Gasteiger partial charge in [0.1, 0.15) is 11.3 Å². The van der Waals surface area contributed by atoms with Crippen LogP contribution < -0.4 is 11.1 Å². The molecule has 0 aliphatic rings. The Morgan fingerprint density at radius 1 is 0.769 bits per heavy atom. The van der Waals surface area contributed by atoms with E-state index in [1.54, 1.807) is 36.4 Å². The van der Waals surface area contributed by atoms with E-state index in [1.807, 2.05) is 0 Å². The number of ketones is 1. The standard InChI is InChI=1S/C27H18N6O6/c28-23-21(25(34)15-3-9-19(10-4-15)32(36)37)13-14-22-24(23)31-26(30-22)16-1-7-18(8-2-16)29-27(35)17-5-11-20(12-6-17)33(38)39/h1-14H,28H2,(H,29,35)(H,30,31). The topological polar surface area (TPSA) is 187 Å². The number of anilines is 2. The van der Waals surface area contributed by atoms with Gasteiger partial charge in [0, 0.05) is 52.2 Å². The number of rotatable bonds is 7. The van der Waals surface area contributed by atoms with Crippen LogP contribution in [-0.4, -0.2) is 31.5 Å². The minimum Gasteiger partial charge on any atom is -0.396 e. The molecule has 0 radical (unpaired) electrons. The molecule has 0 unspecified atom stereocenters. The van der Waals surface area contributed by atoms with Crippen LogP contribution in [0.15, 0.2) is 84.9 Å². The van der Waals surface area contributed by atoms with Crippen molar-refractivity contribution >= 4 is 45.5 Å². The van der Waals surface area contributed by atoms with Crippen molar-refractivity contribution in [3.8, 4) is 11.4 Å². The van der Waals surface area contributed by atoms with Crippen LogP contribution in [0.2, 0.25) is 0 Å². The molecule has 0 saturated carbocycles. The Hall–Kier alpha value is -5.91. The molecule has 12 nitrogen and oxygen atoms in total. The fourth-order valence-electron chi connectivity index (χ4n) is 3.97. The SMILES string of the molecule is Nc1c(C(=O)c2ccc([N+](=O)[O-])cc2)ccc2[nH]c(-c3ccc(NC(=O)c4ccc([N+](=O)[O-])cc4)cc3)nc12. The number of benzene rings is 4. The predicted octanol–water partition coefficient (Wildman–Crippen LogP) is 5.11. The number of imidazole rings is 1. The number of hydrogen-bond donors (Lipinski definition) is 3. The summed E-state index contributed by atoms with van der Waals surface area (Å²) >= 11 is 0. The van der Waals surface area contributed by atoms with Crippen LogP contribution in [0.4, 0.5) is 22.7 Å². The molecule has 1 aromatic heterocycles. The summed E-state index contributed by atoms with van der Waals surface area (Å²) in [7, 11) is 0. The highest BCUT2D eigenvalue weighted by Crippen LogP contribution is 2.29. The number of aromatic amines is 1. The smallest absolute Gasteiger partial charge is 0.269 e. The normalized spacial score (nSPS) is 10.8. The maximum Gasteiger partial charge on any atom is 0.269 e. The number of carbonyl (C=O) groups is 2. The highest BCUT2D eigenvalue weighted by atomic mass is 16.6. The number of nitrogens with two attached hydrogens (primary N) is 1. The van der Waals surface area contributed by atoms with Gasteiger partial charge in [0.25, 0.3) is 17.3 Å². The molecule has 1 amide bonds. The lowest BCUT2D eigenvalue weighted by Crippen LogP contribution is -2.11. The Bertz CT molecular complexity index is 1760. The summed E-state index contributed by atoms with van der Waals surface area (Å²) in [5.74, 6) is -0.314. The fraction of sp³-hybridized carbons (Fsp3) is 0. The first-order valence-electron chi connectivity index (χ1n) is 11.4. The number of aromatic nitrogens is 2. The summed E-state index contributed by atoms with van der Waals surface area (Å²) in [5, 5.41) is 24.4. The number of nitro groups is 2. The number of nitro benzene ring substituents is 2. The third kappa shape index (κ3) is 4.89. The van der Waals surface area contributed by atoms with E-state index in [0.717, 1.165) is 0 Å². The molecule has 0 fully saturated rings. The predicted molar refractivity (Wildman–Crippen MR) is 144 cm³/mol. The van der Waals surface area contributed by atoms with Crippen LogP contribution in [0, 0.1) is 20.2 Å². The first-order valence-corrected chi connectivity index (χ1v) is 11.4. The summed E-state index contributed by atoms with van der Waals surface area (Å²) < 4.78 is 0. The molecule has 12 heteroatoms. The monoisotopic (exact) mass is 522 g/mol. The third-order valence-electron chi connectivity index (χ3n) is 6.04. The molecule has 0 aliphatic heterocycles. The molecule has 1 heterocycles. The highest BCUT2D eigenvalue weighted by Gasteiger charge is 2.18. The molecule has 5 aromatic rings.